The van der Waals surface area contributed by atoms with Crippen LogP contribution in [-0.4, -0.2) is 94.2 Å². The van der Waals surface area contributed by atoms with Crippen molar-refractivity contribution in [3.8, 4) is 0 Å². The van der Waals surface area contributed by atoms with Crippen LogP contribution in [0, 0.1) is 0 Å². The topological polar surface area (TPSA) is 335 Å². The molecule has 0 spiro atoms. The minimum atomic E-state index is -5.77. The third kappa shape index (κ3) is 6.47. The fourth-order valence-corrected chi connectivity index (χ4v) is 6.12. The molecule has 0 radical (unpaired) electrons. The zero-order valence-corrected chi connectivity index (χ0v) is 23.1. The number of phosphoric acid groups is 2. The molecule has 43 heavy (non-hydrogen) atoms. The molecule has 0 bridgehead atoms. The quantitative estimate of drug-likeness (QED) is 0.128. The molecule has 0 amide bonds. The van der Waals surface area contributed by atoms with E-state index in [4.69, 9.17) is 24.3 Å². The van der Waals surface area contributed by atoms with Crippen molar-refractivity contribution in [2.75, 3.05) is 18.9 Å². The van der Waals surface area contributed by atoms with E-state index in [9.17, 15) is 48.7 Å². The first kappa shape index (κ1) is 31.5. The van der Waals surface area contributed by atoms with E-state index >= 15 is 0 Å². The lowest BCUT2D eigenvalue weighted by Gasteiger charge is -2.35. The molecular formula is C19H22N7O15P2-3. The normalized spacial score (nSPS) is 31.0. The summed E-state index contributed by atoms with van der Waals surface area (Å²) in [4.78, 5) is 72.6. The number of ether oxygens (including phenoxy) is 2. The van der Waals surface area contributed by atoms with E-state index in [1.165, 1.54) is 0 Å². The molecule has 22 nitrogen and oxygen atoms in total. The maximum absolute atomic E-state index is 12.7. The second-order valence-corrected chi connectivity index (χ2v) is 11.7. The van der Waals surface area contributed by atoms with Crippen molar-refractivity contribution < 1.29 is 62.2 Å². The fraction of sp³-hybridized carbons (Fsp3) is 0.526. The third-order valence-corrected chi connectivity index (χ3v) is 7.95. The van der Waals surface area contributed by atoms with Gasteiger partial charge in [-0.05, 0) is 0 Å². The Hall–Kier alpha value is -2.95. The summed E-state index contributed by atoms with van der Waals surface area (Å²) in [5.41, 5.74) is 4.09. The number of anilines is 1. The minimum absolute atomic E-state index is 0.0311. The molecule has 2 fully saturated rings. The minimum Gasteiger partial charge on any atom is -0.790 e. The molecule has 236 valence electrons. The van der Waals surface area contributed by atoms with Crippen LogP contribution in [0.5, 0.6) is 0 Å². The number of hydrogen-bond donors (Lipinski definition) is 5. The number of phosphoric ester groups is 2. The lowest BCUT2D eigenvalue weighted by molar-refractivity contribution is -0.347. The number of aliphatic hydroxyl groups excluding tert-OH is 3. The molecule has 1 unspecified atom stereocenters. The van der Waals surface area contributed by atoms with Crippen molar-refractivity contribution in [2.24, 2.45) is 0 Å². The summed E-state index contributed by atoms with van der Waals surface area (Å²) in [7, 11) is -11.3. The van der Waals surface area contributed by atoms with Crippen molar-refractivity contribution in [1.82, 2.24) is 29.1 Å². The van der Waals surface area contributed by atoms with Crippen molar-refractivity contribution in [3.63, 3.8) is 0 Å². The van der Waals surface area contributed by atoms with Crippen molar-refractivity contribution >= 4 is 32.6 Å². The number of aromatic nitrogens is 6. The molecule has 5 rings (SSSR count). The van der Waals surface area contributed by atoms with Crippen molar-refractivity contribution in [1.29, 1.82) is 0 Å². The van der Waals surface area contributed by atoms with Gasteiger partial charge < -0.3 is 63.3 Å². The van der Waals surface area contributed by atoms with E-state index in [0.29, 0.717) is 0 Å². The van der Waals surface area contributed by atoms with E-state index < -0.39 is 89.2 Å². The number of hydrogen-bond acceptors (Lipinski definition) is 19. The Balaban J connectivity index is 1.33. The van der Waals surface area contributed by atoms with E-state index in [0.717, 1.165) is 34.1 Å². The summed E-state index contributed by atoms with van der Waals surface area (Å²) in [5, 5.41) is 31.1. The van der Waals surface area contributed by atoms with Gasteiger partial charge in [0.2, 0.25) is 0 Å². The number of aromatic amines is 1. The number of nitrogens with one attached hydrogen (secondary N) is 1. The lowest BCUT2D eigenvalue weighted by atomic mass is 10.1. The van der Waals surface area contributed by atoms with Gasteiger partial charge in [0, 0.05) is 12.3 Å². The first-order chi connectivity index (χ1) is 20.2. The summed E-state index contributed by atoms with van der Waals surface area (Å²) in [5.74, 6) is -0.0380. The lowest BCUT2D eigenvalue weighted by Crippen LogP contribution is -2.40. The molecule has 0 aliphatic carbocycles. The average Bonchev–Trinajstić information content (AvgIpc) is 3.57. The molecule has 0 aromatic carbocycles. The number of nitrogens with zero attached hydrogens (tertiary/aromatic N) is 5. The largest absolute Gasteiger partial charge is 0.790 e. The monoisotopic (exact) mass is 650 g/mol. The average molecular weight is 650 g/mol. The Morgan fingerprint density at radius 1 is 1.00 bits per heavy atom. The molecular weight excluding hydrogens is 628 g/mol. The van der Waals surface area contributed by atoms with Crippen molar-refractivity contribution in [2.45, 2.75) is 49.1 Å². The molecule has 2 saturated heterocycles. The van der Waals surface area contributed by atoms with Gasteiger partial charge in [0.15, 0.2) is 23.9 Å². The molecule has 5 heterocycles. The standard InChI is InChI=1S/C19H25N7O15P2/c20-15-10-16(22-5-21-15)26(6-23-10)18-12(30)14(40-42(32,33)34)8(39-18)4-37-43(35,36)41-13-7(3-27)38-17(11(13)29)25-2-1-9(28)24-19(25)31/h1-2,5-8,11-14,17-18,27,29-30H,3-4H2,(H,35,36)(H2,20,21,22)(H,24,28,31)(H2,32,33,34)/p-3/t7-,8-,11-,12-,13-,14-,17-,18-/m1/s1. The summed E-state index contributed by atoms with van der Waals surface area (Å²) >= 11 is 0. The number of aliphatic hydroxyl groups is 3. The van der Waals surface area contributed by atoms with E-state index in [-0.39, 0.29) is 17.0 Å². The van der Waals surface area contributed by atoms with Gasteiger partial charge in [-0.15, -0.1) is 0 Å². The van der Waals surface area contributed by atoms with Crippen molar-refractivity contribution in [3.05, 3.63) is 45.8 Å². The van der Waals surface area contributed by atoms with Gasteiger partial charge in [0.25, 0.3) is 13.4 Å². The van der Waals surface area contributed by atoms with Gasteiger partial charge in [-0.3, -0.25) is 23.5 Å². The molecule has 2 aliphatic heterocycles. The van der Waals surface area contributed by atoms with E-state index in [2.05, 4.69) is 19.5 Å². The molecule has 0 saturated carbocycles. The van der Waals surface area contributed by atoms with E-state index in [1.54, 1.807) is 0 Å². The number of nitrogens with two attached hydrogens (primary N) is 1. The second kappa shape index (κ2) is 11.9. The molecule has 9 atom stereocenters. The van der Waals surface area contributed by atoms with Crippen LogP contribution < -0.4 is 31.7 Å². The molecule has 3 aromatic rings. The Kier molecular flexibility index (Phi) is 8.68. The Morgan fingerprint density at radius 3 is 2.30 bits per heavy atom. The Labute approximate surface area is 238 Å². The van der Waals surface area contributed by atoms with Crippen LogP contribution in [0.2, 0.25) is 0 Å². The van der Waals surface area contributed by atoms with Gasteiger partial charge in [-0.2, -0.15) is 0 Å². The van der Waals surface area contributed by atoms with Crippen LogP contribution in [0.25, 0.3) is 11.2 Å². The highest BCUT2D eigenvalue weighted by Gasteiger charge is 2.49. The second-order valence-electron chi connectivity index (χ2n) is 9.22. The summed E-state index contributed by atoms with van der Waals surface area (Å²) in [6.45, 7) is -1.97. The van der Waals surface area contributed by atoms with Crippen LogP contribution in [-0.2, 0) is 32.2 Å². The number of rotatable bonds is 10. The molecule has 24 heteroatoms. The highest BCUT2D eigenvalue weighted by atomic mass is 31.2. The first-order valence-electron chi connectivity index (χ1n) is 12.1. The highest BCUT2D eigenvalue weighted by molar-refractivity contribution is 7.45. The van der Waals surface area contributed by atoms with Crippen LogP contribution >= 0.6 is 15.6 Å². The predicted octanol–water partition coefficient (Wildman–Crippen LogP) is -5.45. The summed E-state index contributed by atoms with van der Waals surface area (Å²) in [6.07, 6.45) is -10.8. The highest BCUT2D eigenvalue weighted by Crippen LogP contribution is 2.47. The number of fused-ring (bicyclic) bond motifs is 1. The van der Waals surface area contributed by atoms with Gasteiger partial charge >= 0.3 is 5.69 Å². The van der Waals surface area contributed by atoms with E-state index in [1.807, 2.05) is 4.98 Å². The molecule has 2 aliphatic rings. The summed E-state index contributed by atoms with van der Waals surface area (Å²) < 4.78 is 51.0. The Morgan fingerprint density at radius 2 is 1.65 bits per heavy atom. The maximum Gasteiger partial charge on any atom is 0.330 e. The smallest absolute Gasteiger partial charge is 0.330 e. The maximum atomic E-state index is 12.7. The zero-order chi connectivity index (χ0) is 31.3. The van der Waals surface area contributed by atoms with Gasteiger partial charge in [0.1, 0.15) is 48.5 Å². The molecule has 6 N–H and O–H groups in total. The zero-order valence-electron chi connectivity index (χ0n) is 21.3. The third-order valence-electron chi connectivity index (χ3n) is 6.48. The number of imidazole rings is 1. The van der Waals surface area contributed by atoms with Crippen LogP contribution in [0.15, 0.2) is 34.5 Å². The number of nitrogen functional groups attached to an aromatic ring is 1. The first-order valence-corrected chi connectivity index (χ1v) is 15.0. The summed E-state index contributed by atoms with van der Waals surface area (Å²) in [6, 6.07) is 0.931. The van der Waals surface area contributed by atoms with Crippen LogP contribution in [0.1, 0.15) is 12.5 Å². The SMILES string of the molecule is Nc1ncnc2c1ncn2[C@@H]1O[C@H](COP(=O)([O-])O[C@H]2[C@@H](O)[C@H](n3ccc(=O)[nH]c3=O)O[C@@H]2CO)[C@@H](OP(=O)([O-])[O-])[C@H]1O. The van der Waals surface area contributed by atoms with Crippen LogP contribution in [0.4, 0.5) is 5.82 Å². The van der Waals surface area contributed by atoms with Gasteiger partial charge in [-0.25, -0.2) is 19.7 Å². The number of H-pyrrole nitrogens is 1. The van der Waals surface area contributed by atoms with Gasteiger partial charge in [-0.1, -0.05) is 0 Å². The van der Waals surface area contributed by atoms with Crippen LogP contribution in [0.3, 0.4) is 0 Å². The predicted molar refractivity (Wildman–Crippen MR) is 129 cm³/mol. The Bertz CT molecular complexity index is 1690. The van der Waals surface area contributed by atoms with Gasteiger partial charge in [0.05, 0.1) is 27.4 Å². The fourth-order valence-electron chi connectivity index (χ4n) is 4.62. The molecule has 3 aromatic heterocycles.